The topological polar surface area (TPSA) is 75.3 Å². The van der Waals surface area contributed by atoms with Crippen molar-refractivity contribution in [1.82, 2.24) is 10.3 Å². The maximum absolute atomic E-state index is 12.2. The minimum absolute atomic E-state index is 0.0271. The molecule has 7 heteroatoms. The number of halogens is 1. The molecule has 0 aliphatic rings. The zero-order valence-corrected chi connectivity index (χ0v) is 15.2. The minimum Gasteiger partial charge on any atom is -0.273 e. The molecule has 2 rings (SSSR count). The fourth-order valence-corrected chi connectivity index (χ4v) is 3.38. The van der Waals surface area contributed by atoms with Crippen LogP contribution < -0.4 is 10.3 Å². The van der Waals surface area contributed by atoms with E-state index in [1.165, 1.54) is 12.1 Å². The van der Waals surface area contributed by atoms with Crippen LogP contribution in [-0.4, -0.2) is 14.3 Å². The molecule has 2 aromatic rings. The number of carbonyl (C=O) groups excluding carboxylic acids is 1. The molecule has 0 spiro atoms. The van der Waals surface area contributed by atoms with Gasteiger partial charge in [-0.05, 0) is 35.2 Å². The fraction of sp³-hybridized carbons (Fsp3) is 0.235. The lowest BCUT2D eigenvalue weighted by Crippen LogP contribution is -2.41. The number of rotatable bonds is 4. The Balaban J connectivity index is 2.09. The molecule has 0 aromatic heterocycles. The first-order valence-electron chi connectivity index (χ1n) is 7.28. The maximum atomic E-state index is 12.2. The van der Waals surface area contributed by atoms with Crippen LogP contribution in [0.1, 0.15) is 36.7 Å². The summed E-state index contributed by atoms with van der Waals surface area (Å²) in [6, 6.07) is 13.0. The molecule has 1 amide bonds. The van der Waals surface area contributed by atoms with E-state index < -0.39 is 15.9 Å². The highest BCUT2D eigenvalue weighted by atomic mass is 35.5. The average molecular weight is 367 g/mol. The van der Waals surface area contributed by atoms with E-state index >= 15 is 0 Å². The standard InChI is InChI=1S/C17H19ClN2O3S/c1-17(2,3)13-10-8-12(9-11-13)16(21)19-20-24(22,23)15-7-5-4-6-14(15)18/h4-11,20H,1-3H3,(H,19,21). The Kier molecular flexibility index (Phi) is 5.32. The molecule has 0 aliphatic heterocycles. The number of sulfonamides is 1. The summed E-state index contributed by atoms with van der Waals surface area (Å²) in [4.78, 5) is 14.0. The molecule has 0 saturated carbocycles. The third-order valence-corrected chi connectivity index (χ3v) is 5.19. The summed E-state index contributed by atoms with van der Waals surface area (Å²) in [6.45, 7) is 6.21. The van der Waals surface area contributed by atoms with Gasteiger partial charge in [0.2, 0.25) is 0 Å². The van der Waals surface area contributed by atoms with Crippen molar-refractivity contribution in [3.8, 4) is 0 Å². The van der Waals surface area contributed by atoms with Gasteiger partial charge in [0.25, 0.3) is 15.9 Å². The smallest absolute Gasteiger partial charge is 0.266 e. The number of hydrogen-bond acceptors (Lipinski definition) is 3. The predicted molar refractivity (Wildman–Crippen MR) is 94.4 cm³/mol. The van der Waals surface area contributed by atoms with E-state index in [0.717, 1.165) is 5.56 Å². The van der Waals surface area contributed by atoms with Crippen molar-refractivity contribution >= 4 is 27.5 Å². The third-order valence-electron chi connectivity index (χ3n) is 3.44. The summed E-state index contributed by atoms with van der Waals surface area (Å²) in [5.41, 5.74) is 3.59. The molecule has 0 unspecified atom stereocenters. The molecule has 0 radical (unpaired) electrons. The zero-order valence-electron chi connectivity index (χ0n) is 13.6. The third kappa shape index (κ3) is 4.35. The van der Waals surface area contributed by atoms with Crippen LogP contribution in [0.25, 0.3) is 0 Å². The van der Waals surface area contributed by atoms with Crippen LogP contribution in [0.4, 0.5) is 0 Å². The Hall–Kier alpha value is -1.89. The summed E-state index contributed by atoms with van der Waals surface area (Å²) >= 11 is 5.87. The van der Waals surface area contributed by atoms with Crippen LogP contribution in [-0.2, 0) is 15.4 Å². The predicted octanol–water partition coefficient (Wildman–Crippen LogP) is 3.26. The molecule has 2 N–H and O–H groups in total. The number of hydrazine groups is 1. The van der Waals surface area contributed by atoms with E-state index in [9.17, 15) is 13.2 Å². The van der Waals surface area contributed by atoms with Crippen molar-refractivity contribution in [3.05, 3.63) is 64.7 Å². The van der Waals surface area contributed by atoms with Gasteiger partial charge in [0, 0.05) is 5.56 Å². The van der Waals surface area contributed by atoms with Crippen LogP contribution >= 0.6 is 11.6 Å². The van der Waals surface area contributed by atoms with Crippen molar-refractivity contribution in [3.63, 3.8) is 0 Å². The van der Waals surface area contributed by atoms with Gasteiger partial charge < -0.3 is 0 Å². The summed E-state index contributed by atoms with van der Waals surface area (Å²) < 4.78 is 24.3. The summed E-state index contributed by atoms with van der Waals surface area (Å²) in [5, 5.41) is 0.0776. The first-order chi connectivity index (χ1) is 11.1. The summed E-state index contributed by atoms with van der Waals surface area (Å²) in [7, 11) is -3.94. The fourth-order valence-electron chi connectivity index (χ4n) is 2.02. The van der Waals surface area contributed by atoms with Crippen LogP contribution in [0, 0.1) is 0 Å². The molecule has 128 valence electrons. The zero-order chi connectivity index (χ0) is 18.0. The van der Waals surface area contributed by atoms with Gasteiger partial charge in [0.05, 0.1) is 5.02 Å². The first kappa shape index (κ1) is 18.4. The van der Waals surface area contributed by atoms with Crippen LogP contribution in [0.2, 0.25) is 5.02 Å². The Morgan fingerprint density at radius 3 is 2.12 bits per heavy atom. The minimum atomic E-state index is -3.94. The molecular formula is C17H19ClN2O3S. The molecule has 0 heterocycles. The number of nitrogens with one attached hydrogen (secondary N) is 2. The number of amides is 1. The van der Waals surface area contributed by atoms with Crippen LogP contribution in [0.5, 0.6) is 0 Å². The highest BCUT2D eigenvalue weighted by Crippen LogP contribution is 2.22. The van der Waals surface area contributed by atoms with Gasteiger partial charge in [0.15, 0.2) is 0 Å². The van der Waals surface area contributed by atoms with Crippen molar-refractivity contribution < 1.29 is 13.2 Å². The quantitative estimate of drug-likeness (QED) is 0.815. The monoisotopic (exact) mass is 366 g/mol. The van der Waals surface area contributed by atoms with Gasteiger partial charge in [-0.1, -0.05) is 56.6 Å². The molecule has 5 nitrogen and oxygen atoms in total. The van der Waals surface area contributed by atoms with Crippen LogP contribution in [0.3, 0.4) is 0 Å². The van der Waals surface area contributed by atoms with Gasteiger partial charge >= 0.3 is 0 Å². The molecule has 2 aromatic carbocycles. The average Bonchev–Trinajstić information content (AvgIpc) is 2.52. The van der Waals surface area contributed by atoms with E-state index in [1.807, 2.05) is 17.0 Å². The molecule has 0 fully saturated rings. The normalized spacial score (nSPS) is 12.0. The Labute approximate surface area is 147 Å². The largest absolute Gasteiger partial charge is 0.273 e. The second-order valence-electron chi connectivity index (χ2n) is 6.32. The van der Waals surface area contributed by atoms with Gasteiger partial charge in [-0.15, -0.1) is 4.83 Å². The van der Waals surface area contributed by atoms with Crippen LogP contribution in [0.15, 0.2) is 53.4 Å². The molecular weight excluding hydrogens is 348 g/mol. The molecule has 24 heavy (non-hydrogen) atoms. The van der Waals surface area contributed by atoms with Gasteiger partial charge in [-0.25, -0.2) is 8.42 Å². The molecule has 0 saturated heterocycles. The van der Waals surface area contributed by atoms with Crippen molar-refractivity contribution in [2.24, 2.45) is 0 Å². The van der Waals surface area contributed by atoms with Gasteiger partial charge in [-0.2, -0.15) is 0 Å². The molecule has 0 bridgehead atoms. The van der Waals surface area contributed by atoms with E-state index in [0.29, 0.717) is 5.56 Å². The van der Waals surface area contributed by atoms with Crippen molar-refractivity contribution in [1.29, 1.82) is 0 Å². The second kappa shape index (κ2) is 6.93. The first-order valence-corrected chi connectivity index (χ1v) is 9.14. The van der Waals surface area contributed by atoms with Gasteiger partial charge in [-0.3, -0.25) is 10.2 Å². The Bertz CT molecular complexity index is 841. The lowest BCUT2D eigenvalue weighted by molar-refractivity contribution is 0.0945. The molecule has 0 aliphatic carbocycles. The van der Waals surface area contributed by atoms with Gasteiger partial charge in [0.1, 0.15) is 4.90 Å². The maximum Gasteiger partial charge on any atom is 0.266 e. The van der Waals surface area contributed by atoms with E-state index in [2.05, 4.69) is 26.2 Å². The Morgan fingerprint density at radius 2 is 1.58 bits per heavy atom. The highest BCUT2D eigenvalue weighted by Gasteiger charge is 2.19. The van der Waals surface area contributed by atoms with E-state index in [-0.39, 0.29) is 15.3 Å². The Morgan fingerprint density at radius 1 is 1.00 bits per heavy atom. The van der Waals surface area contributed by atoms with Crippen molar-refractivity contribution in [2.75, 3.05) is 0 Å². The lowest BCUT2D eigenvalue weighted by Gasteiger charge is -2.19. The number of carbonyl (C=O) groups is 1. The second-order valence-corrected chi connectivity index (χ2v) is 8.38. The summed E-state index contributed by atoms with van der Waals surface area (Å²) in [6.07, 6.45) is 0. The SMILES string of the molecule is CC(C)(C)c1ccc(C(=O)NNS(=O)(=O)c2ccccc2Cl)cc1. The van der Waals surface area contributed by atoms with Crippen molar-refractivity contribution in [2.45, 2.75) is 31.1 Å². The summed E-state index contributed by atoms with van der Waals surface area (Å²) in [5.74, 6) is -0.550. The van der Waals surface area contributed by atoms with E-state index in [1.54, 1.807) is 24.3 Å². The molecule has 0 atom stereocenters. The number of hydrogen-bond donors (Lipinski definition) is 2. The number of benzene rings is 2. The lowest BCUT2D eigenvalue weighted by atomic mass is 9.87. The highest BCUT2D eigenvalue weighted by molar-refractivity contribution is 7.89. The van der Waals surface area contributed by atoms with E-state index in [4.69, 9.17) is 11.6 Å².